The lowest BCUT2D eigenvalue weighted by Gasteiger charge is -2.24. The first-order valence-electron chi connectivity index (χ1n) is 9.07. The number of benzene rings is 1. The standard InChI is InChI=1S/C19H32N4O/c1-5-20-19(22-14-17-8-7-11-23(17)6-2)21-13-16-9-10-18(24-4)15(3)12-16/h9-10,12,17H,5-8,11,13-14H2,1-4H3,(H2,20,21,22). The summed E-state index contributed by atoms with van der Waals surface area (Å²) >= 11 is 0. The summed E-state index contributed by atoms with van der Waals surface area (Å²) in [6, 6.07) is 6.86. The zero-order valence-electron chi connectivity index (χ0n) is 15.6. The van der Waals surface area contributed by atoms with E-state index in [9.17, 15) is 0 Å². The summed E-state index contributed by atoms with van der Waals surface area (Å²) < 4.78 is 5.32. The highest BCUT2D eigenvalue weighted by atomic mass is 16.5. The number of methoxy groups -OCH3 is 1. The largest absolute Gasteiger partial charge is 0.496 e. The topological polar surface area (TPSA) is 48.9 Å². The number of nitrogens with zero attached hydrogens (tertiary/aromatic N) is 2. The molecular weight excluding hydrogens is 300 g/mol. The molecule has 5 nitrogen and oxygen atoms in total. The van der Waals surface area contributed by atoms with Crippen LogP contribution in [0.3, 0.4) is 0 Å². The predicted molar refractivity (Wildman–Crippen MR) is 101 cm³/mol. The fraction of sp³-hybridized carbons (Fsp3) is 0.632. The molecule has 2 rings (SSSR count). The van der Waals surface area contributed by atoms with Gasteiger partial charge in [-0.3, -0.25) is 4.90 Å². The van der Waals surface area contributed by atoms with E-state index in [1.807, 2.05) is 6.07 Å². The van der Waals surface area contributed by atoms with Crippen LogP contribution < -0.4 is 15.4 Å². The van der Waals surface area contributed by atoms with Gasteiger partial charge < -0.3 is 15.4 Å². The first-order chi connectivity index (χ1) is 11.7. The third-order valence-electron chi connectivity index (χ3n) is 4.63. The fourth-order valence-corrected chi connectivity index (χ4v) is 3.31. The Labute approximate surface area is 146 Å². The Morgan fingerprint density at radius 2 is 2.17 bits per heavy atom. The van der Waals surface area contributed by atoms with E-state index in [0.717, 1.165) is 36.9 Å². The minimum Gasteiger partial charge on any atom is -0.496 e. The fourth-order valence-electron chi connectivity index (χ4n) is 3.31. The van der Waals surface area contributed by atoms with E-state index < -0.39 is 0 Å². The van der Waals surface area contributed by atoms with Crippen LogP contribution in [0.2, 0.25) is 0 Å². The van der Waals surface area contributed by atoms with E-state index in [1.165, 1.54) is 24.9 Å². The number of nitrogens with one attached hydrogen (secondary N) is 2. The van der Waals surface area contributed by atoms with Crippen LogP contribution in [0, 0.1) is 6.92 Å². The van der Waals surface area contributed by atoms with Gasteiger partial charge in [-0.05, 0) is 57.0 Å². The lowest BCUT2D eigenvalue weighted by Crippen LogP contribution is -2.44. The Morgan fingerprint density at radius 1 is 1.33 bits per heavy atom. The molecule has 5 heteroatoms. The molecule has 0 radical (unpaired) electrons. The van der Waals surface area contributed by atoms with Crippen molar-refractivity contribution in [1.82, 2.24) is 15.5 Å². The zero-order valence-corrected chi connectivity index (χ0v) is 15.6. The van der Waals surface area contributed by atoms with Gasteiger partial charge in [-0.15, -0.1) is 0 Å². The Kier molecular flexibility index (Phi) is 7.37. The third-order valence-corrected chi connectivity index (χ3v) is 4.63. The Morgan fingerprint density at radius 3 is 2.83 bits per heavy atom. The van der Waals surface area contributed by atoms with Crippen molar-refractivity contribution >= 4 is 5.96 Å². The predicted octanol–water partition coefficient (Wildman–Crippen LogP) is 2.54. The van der Waals surface area contributed by atoms with Crippen LogP contribution in [0.25, 0.3) is 0 Å². The van der Waals surface area contributed by atoms with E-state index in [2.05, 4.69) is 48.4 Å². The van der Waals surface area contributed by atoms with E-state index in [4.69, 9.17) is 9.73 Å². The van der Waals surface area contributed by atoms with Crippen LogP contribution in [0.4, 0.5) is 0 Å². The van der Waals surface area contributed by atoms with Crippen molar-refractivity contribution in [2.45, 2.75) is 46.2 Å². The van der Waals surface area contributed by atoms with Crippen LogP contribution in [0.5, 0.6) is 5.75 Å². The van der Waals surface area contributed by atoms with Gasteiger partial charge in [-0.2, -0.15) is 0 Å². The average molecular weight is 332 g/mol. The molecule has 24 heavy (non-hydrogen) atoms. The number of aryl methyl sites for hydroxylation is 1. The lowest BCUT2D eigenvalue weighted by atomic mass is 10.1. The monoisotopic (exact) mass is 332 g/mol. The van der Waals surface area contributed by atoms with Crippen molar-refractivity contribution in [3.63, 3.8) is 0 Å². The van der Waals surface area contributed by atoms with Crippen LogP contribution in [0.15, 0.2) is 23.2 Å². The maximum atomic E-state index is 5.32. The average Bonchev–Trinajstić information content (AvgIpc) is 3.05. The molecule has 1 aromatic carbocycles. The minimum absolute atomic E-state index is 0.627. The van der Waals surface area contributed by atoms with Gasteiger partial charge in [0.1, 0.15) is 5.75 Å². The zero-order chi connectivity index (χ0) is 17.4. The second-order valence-electron chi connectivity index (χ2n) is 6.30. The molecule has 1 fully saturated rings. The highest BCUT2D eigenvalue weighted by Crippen LogP contribution is 2.19. The van der Waals surface area contributed by atoms with Gasteiger partial charge >= 0.3 is 0 Å². The highest BCUT2D eigenvalue weighted by Gasteiger charge is 2.22. The van der Waals surface area contributed by atoms with Gasteiger partial charge in [0.05, 0.1) is 13.7 Å². The Hall–Kier alpha value is -1.75. The molecule has 0 aromatic heterocycles. The maximum absolute atomic E-state index is 5.32. The molecule has 1 aliphatic rings. The summed E-state index contributed by atoms with van der Waals surface area (Å²) in [6.07, 6.45) is 2.58. The van der Waals surface area contributed by atoms with Crippen molar-refractivity contribution < 1.29 is 4.74 Å². The molecule has 1 aliphatic heterocycles. The molecular formula is C19H32N4O. The molecule has 2 N–H and O–H groups in total. The molecule has 1 saturated heterocycles. The first-order valence-corrected chi connectivity index (χ1v) is 9.07. The number of hydrogen-bond donors (Lipinski definition) is 2. The van der Waals surface area contributed by atoms with Gasteiger partial charge in [0.25, 0.3) is 0 Å². The summed E-state index contributed by atoms with van der Waals surface area (Å²) in [4.78, 5) is 7.27. The third kappa shape index (κ3) is 5.13. The molecule has 0 spiro atoms. The number of likely N-dealkylation sites (tertiary alicyclic amines) is 1. The van der Waals surface area contributed by atoms with Crippen LogP contribution >= 0.6 is 0 Å². The van der Waals surface area contributed by atoms with Gasteiger partial charge in [-0.25, -0.2) is 4.99 Å². The van der Waals surface area contributed by atoms with Crippen molar-refractivity contribution in [3.05, 3.63) is 29.3 Å². The normalized spacial score (nSPS) is 18.7. The molecule has 1 heterocycles. The summed E-state index contributed by atoms with van der Waals surface area (Å²) in [5.74, 6) is 1.82. The maximum Gasteiger partial charge on any atom is 0.191 e. The molecule has 1 aromatic rings. The molecule has 134 valence electrons. The number of rotatable bonds is 7. The summed E-state index contributed by atoms with van der Waals surface area (Å²) in [5.41, 5.74) is 2.34. The molecule has 1 unspecified atom stereocenters. The molecule has 0 aliphatic carbocycles. The first kappa shape index (κ1) is 18.6. The number of ether oxygens (including phenoxy) is 1. The van der Waals surface area contributed by atoms with Gasteiger partial charge in [0.15, 0.2) is 5.96 Å². The lowest BCUT2D eigenvalue weighted by molar-refractivity contribution is 0.267. The van der Waals surface area contributed by atoms with Gasteiger partial charge in [-0.1, -0.05) is 19.1 Å². The second kappa shape index (κ2) is 9.52. The summed E-state index contributed by atoms with van der Waals surface area (Å²) in [6.45, 7) is 11.3. The van der Waals surface area contributed by atoms with Crippen molar-refractivity contribution in [3.8, 4) is 5.75 Å². The quantitative estimate of drug-likeness (QED) is 0.595. The number of guanidine groups is 1. The second-order valence-corrected chi connectivity index (χ2v) is 6.30. The smallest absolute Gasteiger partial charge is 0.191 e. The minimum atomic E-state index is 0.627. The number of hydrogen-bond acceptors (Lipinski definition) is 3. The van der Waals surface area contributed by atoms with Crippen LogP contribution in [-0.4, -0.2) is 50.2 Å². The van der Waals surface area contributed by atoms with Crippen molar-refractivity contribution in [2.75, 3.05) is 33.3 Å². The number of aliphatic imine (C=N–C) groups is 1. The molecule has 0 amide bonds. The van der Waals surface area contributed by atoms with Crippen molar-refractivity contribution in [1.29, 1.82) is 0 Å². The summed E-state index contributed by atoms with van der Waals surface area (Å²) in [5, 5.41) is 6.85. The molecule has 1 atom stereocenters. The SMILES string of the molecule is CCNC(=NCc1ccc(OC)c(C)c1)NCC1CCCN1CC. The Balaban J connectivity index is 1.93. The van der Waals surface area contributed by atoms with Gasteiger partial charge in [0, 0.05) is 19.1 Å². The van der Waals surface area contributed by atoms with Gasteiger partial charge in [0.2, 0.25) is 0 Å². The van der Waals surface area contributed by atoms with Crippen molar-refractivity contribution in [2.24, 2.45) is 4.99 Å². The van der Waals surface area contributed by atoms with E-state index in [1.54, 1.807) is 7.11 Å². The van der Waals surface area contributed by atoms with E-state index in [-0.39, 0.29) is 0 Å². The molecule has 0 bridgehead atoms. The highest BCUT2D eigenvalue weighted by molar-refractivity contribution is 5.79. The Bertz CT molecular complexity index is 544. The van der Waals surface area contributed by atoms with Crippen LogP contribution in [0.1, 0.15) is 37.8 Å². The van der Waals surface area contributed by atoms with E-state index in [0.29, 0.717) is 12.6 Å². The number of likely N-dealkylation sites (N-methyl/N-ethyl adjacent to an activating group) is 1. The summed E-state index contributed by atoms with van der Waals surface area (Å²) in [7, 11) is 1.70. The molecule has 0 saturated carbocycles. The van der Waals surface area contributed by atoms with Crippen LogP contribution in [-0.2, 0) is 6.54 Å². The van der Waals surface area contributed by atoms with E-state index >= 15 is 0 Å².